The van der Waals surface area contributed by atoms with Gasteiger partial charge in [0.25, 0.3) is 0 Å². The summed E-state index contributed by atoms with van der Waals surface area (Å²) in [6.45, 7) is 4.77. The van der Waals surface area contributed by atoms with Gasteiger partial charge >= 0.3 is 12.0 Å². The van der Waals surface area contributed by atoms with E-state index in [0.29, 0.717) is 25.9 Å². The lowest BCUT2D eigenvalue weighted by molar-refractivity contribution is -0.137. The van der Waals surface area contributed by atoms with Gasteiger partial charge < -0.3 is 10.0 Å². The Bertz CT molecular complexity index is 275. The van der Waals surface area contributed by atoms with Gasteiger partial charge in [-0.15, -0.1) is 0 Å². The van der Waals surface area contributed by atoms with Gasteiger partial charge in [-0.3, -0.25) is 14.9 Å². The largest absolute Gasteiger partial charge is 0.481 e. The zero-order valence-electron chi connectivity index (χ0n) is 10.4. The van der Waals surface area contributed by atoms with Crippen molar-refractivity contribution in [3.05, 3.63) is 0 Å². The van der Waals surface area contributed by atoms with Crippen molar-refractivity contribution in [2.75, 3.05) is 13.1 Å². The van der Waals surface area contributed by atoms with Crippen LogP contribution in [0.1, 0.15) is 39.5 Å². The van der Waals surface area contributed by atoms with Crippen LogP contribution in [0.5, 0.6) is 0 Å². The van der Waals surface area contributed by atoms with E-state index in [4.69, 9.17) is 5.11 Å². The van der Waals surface area contributed by atoms with Crippen molar-refractivity contribution in [1.82, 2.24) is 10.2 Å². The number of amides is 3. The number of unbranched alkanes of at least 4 members (excludes halogenated alkanes) is 1. The van der Waals surface area contributed by atoms with E-state index in [1.807, 2.05) is 13.8 Å². The molecule has 98 valence electrons. The van der Waals surface area contributed by atoms with E-state index in [1.54, 1.807) is 0 Å². The molecule has 0 saturated carbocycles. The molecule has 17 heavy (non-hydrogen) atoms. The summed E-state index contributed by atoms with van der Waals surface area (Å²) in [4.78, 5) is 34.5. The van der Waals surface area contributed by atoms with Crippen molar-refractivity contribution in [3.63, 3.8) is 0 Å². The lowest BCUT2D eigenvalue weighted by Gasteiger charge is -2.18. The quantitative estimate of drug-likeness (QED) is 0.659. The highest BCUT2D eigenvalue weighted by molar-refractivity contribution is 5.94. The van der Waals surface area contributed by atoms with E-state index in [9.17, 15) is 14.4 Å². The Hall–Kier alpha value is -1.59. The Kier molecular flexibility index (Phi) is 7.75. The zero-order valence-corrected chi connectivity index (χ0v) is 10.4. The first kappa shape index (κ1) is 15.4. The summed E-state index contributed by atoms with van der Waals surface area (Å²) >= 11 is 0. The predicted octanol–water partition coefficient (Wildman–Crippen LogP) is 1.21. The number of imide groups is 1. The van der Waals surface area contributed by atoms with Crippen LogP contribution in [0.25, 0.3) is 0 Å². The van der Waals surface area contributed by atoms with E-state index in [-0.39, 0.29) is 18.7 Å². The molecule has 0 aliphatic heterocycles. The third kappa shape index (κ3) is 7.32. The first-order valence-corrected chi connectivity index (χ1v) is 5.81. The van der Waals surface area contributed by atoms with Gasteiger partial charge in [-0.2, -0.15) is 0 Å². The fourth-order valence-corrected chi connectivity index (χ4v) is 1.33. The minimum atomic E-state index is -0.871. The average Bonchev–Trinajstić information content (AvgIpc) is 2.25. The van der Waals surface area contributed by atoms with Crippen LogP contribution in [0, 0.1) is 0 Å². The zero-order chi connectivity index (χ0) is 13.3. The maximum atomic E-state index is 11.5. The van der Waals surface area contributed by atoms with Crippen molar-refractivity contribution in [2.45, 2.75) is 39.5 Å². The molecule has 0 radical (unpaired) electrons. The van der Waals surface area contributed by atoms with Crippen molar-refractivity contribution >= 4 is 17.9 Å². The Morgan fingerprint density at radius 1 is 1.06 bits per heavy atom. The third-order valence-corrected chi connectivity index (χ3v) is 2.34. The van der Waals surface area contributed by atoms with Crippen LogP contribution in [-0.4, -0.2) is 41.0 Å². The van der Waals surface area contributed by atoms with Crippen LogP contribution >= 0.6 is 0 Å². The first-order valence-electron chi connectivity index (χ1n) is 5.81. The highest BCUT2D eigenvalue weighted by atomic mass is 16.4. The molecule has 0 aromatic carbocycles. The molecule has 0 spiro atoms. The molecule has 0 unspecified atom stereocenters. The third-order valence-electron chi connectivity index (χ3n) is 2.34. The Labute approximate surface area is 101 Å². The summed E-state index contributed by atoms with van der Waals surface area (Å²) in [5.74, 6) is -1.23. The van der Waals surface area contributed by atoms with Crippen LogP contribution in [0.3, 0.4) is 0 Å². The summed E-state index contributed by atoms with van der Waals surface area (Å²) in [7, 11) is 0. The number of carboxylic acid groups (broad SMARTS) is 1. The number of nitrogens with zero attached hydrogens (tertiary/aromatic N) is 1. The molecule has 0 saturated heterocycles. The lowest BCUT2D eigenvalue weighted by atomic mass is 10.2. The van der Waals surface area contributed by atoms with Crippen LogP contribution in [0.4, 0.5) is 4.79 Å². The number of rotatable bonds is 7. The Balaban J connectivity index is 3.78. The summed E-state index contributed by atoms with van der Waals surface area (Å²) in [5, 5.41) is 10.7. The van der Waals surface area contributed by atoms with Crippen molar-refractivity contribution in [1.29, 1.82) is 0 Å². The van der Waals surface area contributed by atoms with Gasteiger partial charge in [0, 0.05) is 25.9 Å². The van der Waals surface area contributed by atoms with Crippen LogP contribution in [0.15, 0.2) is 0 Å². The molecule has 0 aliphatic rings. The fraction of sp³-hybridized carbons (Fsp3) is 0.727. The summed E-state index contributed by atoms with van der Waals surface area (Å²) in [6, 6.07) is -0.391. The Morgan fingerprint density at radius 2 is 1.59 bits per heavy atom. The van der Waals surface area contributed by atoms with Crippen molar-refractivity contribution < 1.29 is 19.5 Å². The minimum Gasteiger partial charge on any atom is -0.481 e. The van der Waals surface area contributed by atoms with E-state index in [2.05, 4.69) is 5.32 Å². The SMILES string of the molecule is CCN(CC)C(=O)NC(=O)CCCCC(=O)O. The molecule has 0 aromatic heterocycles. The Morgan fingerprint density at radius 3 is 2.06 bits per heavy atom. The first-order chi connectivity index (χ1) is 8.01. The molecule has 0 heterocycles. The van der Waals surface area contributed by atoms with Crippen LogP contribution in [-0.2, 0) is 9.59 Å². The molecular weight excluding hydrogens is 224 g/mol. The van der Waals surface area contributed by atoms with Gasteiger partial charge in [0.15, 0.2) is 0 Å². The predicted molar refractivity (Wildman–Crippen MR) is 62.6 cm³/mol. The second kappa shape index (κ2) is 8.55. The topological polar surface area (TPSA) is 86.7 Å². The van der Waals surface area contributed by atoms with Gasteiger partial charge in [0.2, 0.25) is 5.91 Å². The summed E-state index contributed by atoms with van der Waals surface area (Å²) in [6.07, 6.45) is 1.16. The molecule has 0 bridgehead atoms. The summed E-state index contributed by atoms with van der Waals surface area (Å²) < 4.78 is 0. The lowest BCUT2D eigenvalue weighted by Crippen LogP contribution is -2.42. The number of hydrogen-bond donors (Lipinski definition) is 2. The second-order valence-corrected chi connectivity index (χ2v) is 3.63. The molecule has 0 aromatic rings. The van der Waals surface area contributed by atoms with E-state index in [1.165, 1.54) is 4.90 Å². The van der Waals surface area contributed by atoms with E-state index >= 15 is 0 Å². The van der Waals surface area contributed by atoms with Crippen molar-refractivity contribution in [3.8, 4) is 0 Å². The number of carbonyl (C=O) groups excluding carboxylic acids is 2. The molecule has 3 amide bonds. The number of hydrogen-bond acceptors (Lipinski definition) is 3. The van der Waals surface area contributed by atoms with Crippen LogP contribution < -0.4 is 5.32 Å². The number of carbonyl (C=O) groups is 3. The molecule has 0 aliphatic carbocycles. The maximum Gasteiger partial charge on any atom is 0.324 e. The van der Waals surface area contributed by atoms with Gasteiger partial charge in [-0.25, -0.2) is 4.79 Å². The highest BCUT2D eigenvalue weighted by Gasteiger charge is 2.12. The van der Waals surface area contributed by atoms with E-state index in [0.717, 1.165) is 0 Å². The summed E-state index contributed by atoms with van der Waals surface area (Å²) in [5.41, 5.74) is 0. The maximum absolute atomic E-state index is 11.5. The van der Waals surface area contributed by atoms with Gasteiger partial charge in [0.05, 0.1) is 0 Å². The monoisotopic (exact) mass is 244 g/mol. The number of urea groups is 1. The van der Waals surface area contributed by atoms with Crippen molar-refractivity contribution in [2.24, 2.45) is 0 Å². The second-order valence-electron chi connectivity index (χ2n) is 3.63. The van der Waals surface area contributed by atoms with Crippen LogP contribution in [0.2, 0.25) is 0 Å². The highest BCUT2D eigenvalue weighted by Crippen LogP contribution is 2.00. The number of carboxylic acids is 1. The number of nitrogens with one attached hydrogen (secondary N) is 1. The fourth-order valence-electron chi connectivity index (χ4n) is 1.33. The van der Waals surface area contributed by atoms with Gasteiger partial charge in [-0.05, 0) is 26.7 Å². The van der Waals surface area contributed by atoms with Gasteiger partial charge in [-0.1, -0.05) is 0 Å². The smallest absolute Gasteiger partial charge is 0.324 e. The molecular formula is C11H20N2O4. The number of aliphatic carboxylic acids is 1. The molecule has 6 heteroatoms. The minimum absolute atomic E-state index is 0.0528. The van der Waals surface area contributed by atoms with Gasteiger partial charge in [0.1, 0.15) is 0 Å². The van der Waals surface area contributed by atoms with E-state index < -0.39 is 12.0 Å². The molecule has 2 N–H and O–H groups in total. The molecule has 0 atom stereocenters. The molecule has 0 rings (SSSR count). The standard InChI is InChI=1S/C11H20N2O4/c1-3-13(4-2)11(17)12-9(14)7-5-6-8-10(15)16/h3-8H2,1-2H3,(H,15,16)(H,12,14,17). The normalized spacial score (nSPS) is 9.76. The average molecular weight is 244 g/mol. The molecule has 6 nitrogen and oxygen atoms in total. The molecule has 0 fully saturated rings.